The number of esters is 1. The van der Waals surface area contributed by atoms with Gasteiger partial charge in [0, 0.05) is 5.92 Å². The van der Waals surface area contributed by atoms with Crippen molar-refractivity contribution >= 4 is 23.5 Å². The molecule has 0 aliphatic heterocycles. The highest BCUT2D eigenvalue weighted by atomic mass is 35.5. The van der Waals surface area contributed by atoms with Crippen LogP contribution in [0.5, 0.6) is 0 Å². The molecule has 124 valence electrons. The molecule has 1 aliphatic carbocycles. The van der Waals surface area contributed by atoms with E-state index in [1.807, 2.05) is 0 Å². The summed E-state index contributed by atoms with van der Waals surface area (Å²) in [5, 5.41) is 9.22. The minimum Gasteiger partial charge on any atom is -0.477 e. The molecule has 0 saturated heterocycles. The van der Waals surface area contributed by atoms with E-state index < -0.39 is 29.2 Å². The highest BCUT2D eigenvalue weighted by molar-refractivity contribution is 6.31. The summed E-state index contributed by atoms with van der Waals surface area (Å²) in [6, 6.07) is 0. The summed E-state index contributed by atoms with van der Waals surface area (Å²) in [7, 11) is 0. The molecule has 1 aliphatic rings. The number of aliphatic carboxylic acids is 1. The molecule has 1 fully saturated rings. The maximum atomic E-state index is 13.5. The van der Waals surface area contributed by atoms with E-state index in [1.54, 1.807) is 13.8 Å². The van der Waals surface area contributed by atoms with E-state index in [1.165, 1.54) is 6.08 Å². The average molecular weight is 342 g/mol. The molecule has 0 bridgehead atoms. The van der Waals surface area contributed by atoms with Crippen LogP contribution in [0.4, 0.5) is 4.39 Å². The molecule has 0 amide bonds. The summed E-state index contributed by atoms with van der Waals surface area (Å²) in [4.78, 5) is 27.2. The van der Waals surface area contributed by atoms with Crippen LogP contribution in [-0.2, 0) is 14.3 Å². The van der Waals surface area contributed by atoms with E-state index in [0.717, 1.165) is 19.0 Å². The third-order valence-corrected chi connectivity index (χ3v) is 4.22. The average Bonchev–Trinajstić information content (AvgIpc) is 3.31. The normalized spacial score (nSPS) is 16.1. The number of nitrogens with zero attached hydrogens (tertiary/aromatic N) is 1. The Balaban J connectivity index is 2.46. The van der Waals surface area contributed by atoms with Crippen LogP contribution in [0.25, 0.3) is 0 Å². The number of pyridine rings is 1. The van der Waals surface area contributed by atoms with Crippen LogP contribution in [-0.4, -0.2) is 28.6 Å². The third kappa shape index (κ3) is 3.88. The zero-order valence-corrected chi connectivity index (χ0v) is 13.6. The van der Waals surface area contributed by atoms with Crippen LogP contribution in [0, 0.1) is 18.7 Å². The van der Waals surface area contributed by atoms with Crippen LogP contribution in [0.1, 0.15) is 36.9 Å². The van der Waals surface area contributed by atoms with Gasteiger partial charge in [-0.25, -0.2) is 14.0 Å². The largest absolute Gasteiger partial charge is 0.477 e. The van der Waals surface area contributed by atoms with Crippen molar-refractivity contribution < 1.29 is 23.8 Å². The molecular weight excluding hydrogens is 325 g/mol. The summed E-state index contributed by atoms with van der Waals surface area (Å²) in [5.41, 5.74) is 0.501. The van der Waals surface area contributed by atoms with E-state index in [0.29, 0.717) is 11.3 Å². The van der Waals surface area contributed by atoms with Crippen LogP contribution in [0.15, 0.2) is 17.8 Å². The van der Waals surface area contributed by atoms with Gasteiger partial charge < -0.3 is 9.84 Å². The first kappa shape index (κ1) is 17.4. The van der Waals surface area contributed by atoms with Gasteiger partial charge in [-0.05, 0) is 38.2 Å². The van der Waals surface area contributed by atoms with Crippen LogP contribution in [0.3, 0.4) is 0 Å². The lowest BCUT2D eigenvalue weighted by molar-refractivity contribution is -0.143. The topological polar surface area (TPSA) is 76.5 Å². The number of hydrogen-bond donors (Lipinski definition) is 1. The number of rotatable bonds is 6. The van der Waals surface area contributed by atoms with Gasteiger partial charge in [0.05, 0.1) is 23.5 Å². The fourth-order valence-corrected chi connectivity index (χ4v) is 2.56. The van der Waals surface area contributed by atoms with Crippen molar-refractivity contribution in [3.8, 4) is 0 Å². The summed E-state index contributed by atoms with van der Waals surface area (Å²) in [6.45, 7) is 3.31. The molecule has 0 aromatic carbocycles. The Bertz CT molecular complexity index is 670. The Hall–Kier alpha value is -1.95. The molecule has 1 heterocycles. The lowest BCUT2D eigenvalue weighted by Crippen LogP contribution is -2.17. The minimum absolute atomic E-state index is 0.0398. The quantitative estimate of drug-likeness (QED) is 0.372. The van der Waals surface area contributed by atoms with Gasteiger partial charge >= 0.3 is 11.9 Å². The highest BCUT2D eigenvalue weighted by Gasteiger charge is 2.35. The molecule has 1 N–H and O–H groups in total. The van der Waals surface area contributed by atoms with Crippen molar-refractivity contribution in [2.45, 2.75) is 32.6 Å². The van der Waals surface area contributed by atoms with Crippen molar-refractivity contribution in [3.05, 3.63) is 39.9 Å². The van der Waals surface area contributed by atoms with Crippen molar-refractivity contribution in [3.63, 3.8) is 0 Å². The van der Waals surface area contributed by atoms with Gasteiger partial charge in [-0.3, -0.25) is 4.98 Å². The van der Waals surface area contributed by atoms with Gasteiger partial charge in [0.1, 0.15) is 5.57 Å². The van der Waals surface area contributed by atoms with Gasteiger partial charge in [-0.15, -0.1) is 0 Å². The van der Waals surface area contributed by atoms with Crippen LogP contribution < -0.4 is 0 Å². The number of carboxylic acids is 1. The first-order valence-corrected chi connectivity index (χ1v) is 7.67. The van der Waals surface area contributed by atoms with E-state index >= 15 is 0 Å². The van der Waals surface area contributed by atoms with Crippen molar-refractivity contribution in [1.82, 2.24) is 4.98 Å². The molecule has 23 heavy (non-hydrogen) atoms. The molecular formula is C16H17ClFNO4. The smallest absolute Gasteiger partial charge is 0.345 e. The zero-order chi connectivity index (χ0) is 17.1. The van der Waals surface area contributed by atoms with Crippen molar-refractivity contribution in [1.29, 1.82) is 0 Å². The lowest BCUT2D eigenvalue weighted by atomic mass is 9.93. The predicted molar refractivity (Wildman–Crippen MR) is 81.8 cm³/mol. The Labute approximate surface area is 138 Å². The molecule has 1 atom stereocenters. The fraction of sp³-hybridized carbons (Fsp3) is 0.438. The lowest BCUT2D eigenvalue weighted by Gasteiger charge is -2.16. The summed E-state index contributed by atoms with van der Waals surface area (Å²) >= 11 is 5.92. The predicted octanol–water partition coefficient (Wildman–Crippen LogP) is 3.25. The molecule has 1 aromatic rings. The molecule has 1 unspecified atom stereocenters. The number of carboxylic acid groups (broad SMARTS) is 1. The molecule has 5 nitrogen and oxygen atoms in total. The number of ether oxygens (including phenoxy) is 1. The number of aromatic nitrogens is 1. The number of carbonyl (C=O) groups excluding carboxylic acids is 1. The Morgan fingerprint density at radius 2 is 2.22 bits per heavy atom. The van der Waals surface area contributed by atoms with E-state index in [-0.39, 0.29) is 17.5 Å². The summed E-state index contributed by atoms with van der Waals surface area (Å²) < 4.78 is 18.3. The fourth-order valence-electron chi connectivity index (χ4n) is 2.42. The Kier molecular flexibility index (Phi) is 5.36. The number of carbonyl (C=O) groups is 2. The van der Waals surface area contributed by atoms with E-state index in [9.17, 15) is 19.1 Å². The second-order valence-electron chi connectivity index (χ2n) is 5.40. The molecule has 7 heteroatoms. The second-order valence-corrected chi connectivity index (χ2v) is 5.78. The monoisotopic (exact) mass is 341 g/mol. The maximum absolute atomic E-state index is 13.5. The number of allylic oxidation sites excluding steroid dienone is 1. The van der Waals surface area contributed by atoms with Crippen molar-refractivity contribution in [2.75, 3.05) is 6.61 Å². The van der Waals surface area contributed by atoms with Crippen LogP contribution in [0.2, 0.25) is 5.02 Å². The van der Waals surface area contributed by atoms with Crippen LogP contribution >= 0.6 is 11.6 Å². The van der Waals surface area contributed by atoms with E-state index in [4.69, 9.17) is 16.3 Å². The summed E-state index contributed by atoms with van der Waals surface area (Å²) in [5.74, 6) is -3.14. The van der Waals surface area contributed by atoms with Gasteiger partial charge in [0.2, 0.25) is 0 Å². The Morgan fingerprint density at radius 1 is 1.57 bits per heavy atom. The van der Waals surface area contributed by atoms with Gasteiger partial charge in [0.15, 0.2) is 5.82 Å². The number of halogens is 2. The molecule has 2 rings (SSSR count). The molecule has 1 aromatic heterocycles. The van der Waals surface area contributed by atoms with Crippen molar-refractivity contribution in [2.24, 2.45) is 5.92 Å². The first-order valence-electron chi connectivity index (χ1n) is 7.29. The van der Waals surface area contributed by atoms with Gasteiger partial charge in [-0.2, -0.15) is 0 Å². The second kappa shape index (κ2) is 7.08. The van der Waals surface area contributed by atoms with Gasteiger partial charge in [0.25, 0.3) is 0 Å². The molecule has 0 radical (unpaired) electrons. The first-order chi connectivity index (χ1) is 10.9. The standard InChI is InChI=1S/C16H17ClFNO4/c1-3-23-16(22)11(15(20)21)6-10(9-4-5-9)14-8(2)13(17)12(18)7-19-14/h6-7,9-10H,3-5H2,1-2H3,(H,20,21)/b11-6-. The number of hydrogen-bond acceptors (Lipinski definition) is 4. The summed E-state index contributed by atoms with van der Waals surface area (Å²) in [6.07, 6.45) is 4.13. The molecule has 1 saturated carbocycles. The third-order valence-electron chi connectivity index (χ3n) is 3.76. The minimum atomic E-state index is -1.36. The SMILES string of the molecule is CCOC(=O)/C(=C\C(c1ncc(F)c(Cl)c1C)C1CC1)C(=O)O. The maximum Gasteiger partial charge on any atom is 0.345 e. The molecule has 0 spiro atoms. The zero-order valence-electron chi connectivity index (χ0n) is 12.8. The highest BCUT2D eigenvalue weighted by Crippen LogP contribution is 2.45. The van der Waals surface area contributed by atoms with Gasteiger partial charge in [-0.1, -0.05) is 17.7 Å². The Morgan fingerprint density at radius 3 is 2.74 bits per heavy atom. The van der Waals surface area contributed by atoms with E-state index in [2.05, 4.69) is 4.98 Å².